The maximum Gasteiger partial charge on any atom is 0.133 e. The van der Waals surface area contributed by atoms with Crippen LogP contribution in [0, 0.1) is 0 Å². The van der Waals surface area contributed by atoms with Crippen LogP contribution in [0.3, 0.4) is 0 Å². The van der Waals surface area contributed by atoms with Crippen molar-refractivity contribution in [2.75, 3.05) is 18.5 Å². The van der Waals surface area contributed by atoms with E-state index < -0.39 is 5.60 Å². The summed E-state index contributed by atoms with van der Waals surface area (Å²) in [5, 5.41) is 23.8. The third-order valence-corrected chi connectivity index (χ3v) is 2.65. The SMILES string of the molecule is CC(O)(CO)CNc1nccc2ccccc12. The van der Waals surface area contributed by atoms with Crippen molar-refractivity contribution < 1.29 is 10.2 Å². The number of anilines is 1. The van der Waals surface area contributed by atoms with Gasteiger partial charge in [0.05, 0.1) is 6.61 Å². The highest BCUT2D eigenvalue weighted by Crippen LogP contribution is 2.20. The van der Waals surface area contributed by atoms with E-state index in [0.717, 1.165) is 16.6 Å². The maximum absolute atomic E-state index is 9.72. The molecule has 1 atom stereocenters. The van der Waals surface area contributed by atoms with Crippen LogP contribution in [0.25, 0.3) is 10.8 Å². The predicted molar refractivity (Wildman–Crippen MR) is 67.9 cm³/mol. The molecule has 0 aliphatic carbocycles. The Labute approximate surface area is 99.9 Å². The fraction of sp³-hybridized carbons (Fsp3) is 0.308. The summed E-state index contributed by atoms with van der Waals surface area (Å²) in [7, 11) is 0. The summed E-state index contributed by atoms with van der Waals surface area (Å²) in [6.45, 7) is 1.54. The molecule has 0 saturated carbocycles. The van der Waals surface area contributed by atoms with E-state index in [1.165, 1.54) is 0 Å². The molecule has 2 aromatic rings. The van der Waals surface area contributed by atoms with Crippen molar-refractivity contribution in [1.29, 1.82) is 0 Å². The number of hydrogen-bond acceptors (Lipinski definition) is 4. The third kappa shape index (κ3) is 2.72. The highest BCUT2D eigenvalue weighted by molar-refractivity contribution is 5.91. The van der Waals surface area contributed by atoms with Gasteiger partial charge in [-0.2, -0.15) is 0 Å². The van der Waals surface area contributed by atoms with Crippen molar-refractivity contribution >= 4 is 16.6 Å². The molecule has 4 nitrogen and oxygen atoms in total. The zero-order chi connectivity index (χ0) is 12.3. The van der Waals surface area contributed by atoms with Crippen molar-refractivity contribution in [3.63, 3.8) is 0 Å². The molecule has 1 unspecified atom stereocenters. The molecule has 2 rings (SSSR count). The number of rotatable bonds is 4. The summed E-state index contributed by atoms with van der Waals surface area (Å²) >= 11 is 0. The number of aromatic nitrogens is 1. The Kier molecular flexibility index (Phi) is 3.26. The minimum atomic E-state index is -1.14. The van der Waals surface area contributed by atoms with Crippen LogP contribution < -0.4 is 5.32 Å². The van der Waals surface area contributed by atoms with Gasteiger partial charge in [0.25, 0.3) is 0 Å². The molecule has 0 aliphatic heterocycles. The van der Waals surface area contributed by atoms with Crippen molar-refractivity contribution in [3.8, 4) is 0 Å². The predicted octanol–water partition coefficient (Wildman–Crippen LogP) is 1.39. The molecule has 4 heteroatoms. The fourth-order valence-corrected chi connectivity index (χ4v) is 1.59. The van der Waals surface area contributed by atoms with Gasteiger partial charge in [-0.05, 0) is 18.4 Å². The van der Waals surface area contributed by atoms with Gasteiger partial charge in [0.2, 0.25) is 0 Å². The summed E-state index contributed by atoms with van der Waals surface area (Å²) < 4.78 is 0. The van der Waals surface area contributed by atoms with E-state index in [2.05, 4.69) is 10.3 Å². The van der Waals surface area contributed by atoms with Gasteiger partial charge in [0, 0.05) is 18.1 Å². The molecule has 0 amide bonds. The minimum absolute atomic E-state index is 0.254. The number of fused-ring (bicyclic) bond motifs is 1. The van der Waals surface area contributed by atoms with Gasteiger partial charge in [-0.3, -0.25) is 0 Å². The van der Waals surface area contributed by atoms with E-state index >= 15 is 0 Å². The number of aliphatic hydroxyl groups excluding tert-OH is 1. The van der Waals surface area contributed by atoms with E-state index in [0.29, 0.717) is 0 Å². The molecule has 0 aliphatic rings. The summed E-state index contributed by atoms with van der Waals surface area (Å²) in [6, 6.07) is 9.82. The summed E-state index contributed by atoms with van der Waals surface area (Å²) in [5.74, 6) is 0.719. The molecule has 3 N–H and O–H groups in total. The normalized spacial score (nSPS) is 14.5. The molecular weight excluding hydrogens is 216 g/mol. The van der Waals surface area contributed by atoms with Crippen molar-refractivity contribution in [1.82, 2.24) is 4.98 Å². The average Bonchev–Trinajstić information content (AvgIpc) is 2.36. The molecule has 0 bridgehead atoms. The van der Waals surface area contributed by atoms with E-state index in [1.807, 2.05) is 30.3 Å². The van der Waals surface area contributed by atoms with E-state index in [4.69, 9.17) is 5.11 Å². The van der Waals surface area contributed by atoms with Crippen LogP contribution in [-0.2, 0) is 0 Å². The molecule has 0 fully saturated rings. The fourth-order valence-electron chi connectivity index (χ4n) is 1.59. The molecule has 0 radical (unpaired) electrons. The Morgan fingerprint density at radius 2 is 2.06 bits per heavy atom. The molecule has 1 aromatic carbocycles. The highest BCUT2D eigenvalue weighted by atomic mass is 16.3. The maximum atomic E-state index is 9.72. The Hall–Kier alpha value is -1.65. The van der Waals surface area contributed by atoms with Crippen LogP contribution in [0.4, 0.5) is 5.82 Å². The van der Waals surface area contributed by atoms with Crippen LogP contribution >= 0.6 is 0 Å². The standard InChI is InChI=1S/C13H16N2O2/c1-13(17,9-16)8-15-12-11-5-3-2-4-10(11)6-7-14-12/h2-7,16-17H,8-9H2,1H3,(H,14,15). The third-order valence-electron chi connectivity index (χ3n) is 2.65. The highest BCUT2D eigenvalue weighted by Gasteiger charge is 2.18. The minimum Gasteiger partial charge on any atom is -0.393 e. The van der Waals surface area contributed by atoms with Crippen LogP contribution in [0.5, 0.6) is 0 Å². The number of pyridine rings is 1. The summed E-state index contributed by atoms with van der Waals surface area (Å²) in [4.78, 5) is 4.24. The second kappa shape index (κ2) is 4.69. The lowest BCUT2D eigenvalue weighted by Gasteiger charge is -2.21. The number of nitrogens with one attached hydrogen (secondary N) is 1. The number of benzene rings is 1. The van der Waals surface area contributed by atoms with E-state index in [9.17, 15) is 5.11 Å². The van der Waals surface area contributed by atoms with Crippen molar-refractivity contribution in [2.24, 2.45) is 0 Å². The lowest BCUT2D eigenvalue weighted by Crippen LogP contribution is -2.37. The second-order valence-electron chi connectivity index (χ2n) is 4.39. The van der Waals surface area contributed by atoms with E-state index in [1.54, 1.807) is 13.1 Å². The van der Waals surface area contributed by atoms with Gasteiger partial charge >= 0.3 is 0 Å². The first-order chi connectivity index (χ1) is 8.12. The Morgan fingerprint density at radius 3 is 2.82 bits per heavy atom. The van der Waals surface area contributed by atoms with Gasteiger partial charge in [-0.1, -0.05) is 24.3 Å². The van der Waals surface area contributed by atoms with Gasteiger partial charge in [0.15, 0.2) is 0 Å². The van der Waals surface area contributed by atoms with Gasteiger partial charge in [-0.15, -0.1) is 0 Å². The monoisotopic (exact) mass is 232 g/mol. The second-order valence-corrected chi connectivity index (χ2v) is 4.39. The Bertz CT molecular complexity index is 506. The van der Waals surface area contributed by atoms with E-state index in [-0.39, 0.29) is 13.2 Å². The molecule has 90 valence electrons. The topological polar surface area (TPSA) is 65.4 Å². The average molecular weight is 232 g/mol. The van der Waals surface area contributed by atoms with Crippen LogP contribution in [0.1, 0.15) is 6.92 Å². The zero-order valence-corrected chi connectivity index (χ0v) is 9.72. The molecular formula is C13H16N2O2. The van der Waals surface area contributed by atoms with Gasteiger partial charge in [0.1, 0.15) is 11.4 Å². The first kappa shape index (κ1) is 11.8. The van der Waals surface area contributed by atoms with Gasteiger partial charge < -0.3 is 15.5 Å². The molecule has 0 saturated heterocycles. The molecule has 17 heavy (non-hydrogen) atoms. The number of hydrogen-bond donors (Lipinski definition) is 3. The summed E-state index contributed by atoms with van der Waals surface area (Å²) in [6.07, 6.45) is 1.72. The summed E-state index contributed by atoms with van der Waals surface area (Å²) in [5.41, 5.74) is -1.14. The smallest absolute Gasteiger partial charge is 0.133 e. The Morgan fingerprint density at radius 1 is 1.29 bits per heavy atom. The molecule has 1 aromatic heterocycles. The zero-order valence-electron chi connectivity index (χ0n) is 9.72. The first-order valence-electron chi connectivity index (χ1n) is 5.53. The van der Waals surface area contributed by atoms with Crippen LogP contribution in [0.15, 0.2) is 36.5 Å². The lowest BCUT2D eigenvalue weighted by molar-refractivity contribution is 0.0132. The first-order valence-corrected chi connectivity index (χ1v) is 5.53. The van der Waals surface area contributed by atoms with Gasteiger partial charge in [-0.25, -0.2) is 4.98 Å². The van der Waals surface area contributed by atoms with Crippen LogP contribution in [0.2, 0.25) is 0 Å². The Balaban J connectivity index is 2.24. The quantitative estimate of drug-likeness (QED) is 0.745. The van der Waals surface area contributed by atoms with Crippen molar-refractivity contribution in [2.45, 2.75) is 12.5 Å². The molecule has 1 heterocycles. The lowest BCUT2D eigenvalue weighted by atomic mass is 10.1. The van der Waals surface area contributed by atoms with Crippen molar-refractivity contribution in [3.05, 3.63) is 36.5 Å². The number of aliphatic hydroxyl groups is 2. The van der Waals surface area contributed by atoms with Crippen LogP contribution in [-0.4, -0.2) is 33.9 Å². The molecule has 0 spiro atoms. The number of nitrogens with zero attached hydrogens (tertiary/aromatic N) is 1. The largest absolute Gasteiger partial charge is 0.393 e.